The van der Waals surface area contributed by atoms with E-state index in [0.29, 0.717) is 18.7 Å². The fraction of sp³-hybridized carbons (Fsp3) is 0.333. The van der Waals surface area contributed by atoms with Crippen LogP contribution in [-0.4, -0.2) is 25.3 Å². The number of hydrogen-bond donors (Lipinski definition) is 2. The van der Waals surface area contributed by atoms with Crippen LogP contribution in [-0.2, 0) is 11.3 Å². The third-order valence-electron chi connectivity index (χ3n) is 5.02. The van der Waals surface area contributed by atoms with Crippen molar-refractivity contribution in [3.8, 4) is 11.5 Å². The van der Waals surface area contributed by atoms with E-state index >= 15 is 0 Å². The second kappa shape index (κ2) is 7.80. The number of hydrogen-bond acceptors (Lipinski definition) is 4. The lowest BCUT2D eigenvalue weighted by Crippen LogP contribution is -2.36. The van der Waals surface area contributed by atoms with Gasteiger partial charge in [-0.2, -0.15) is 0 Å². The Hall–Kier alpha value is -3.22. The summed E-state index contributed by atoms with van der Waals surface area (Å²) in [5.74, 6) is 1.59. The smallest absolute Gasteiger partial charge is 0.315 e. The zero-order valence-electron chi connectivity index (χ0n) is 15.7. The van der Waals surface area contributed by atoms with Gasteiger partial charge in [0.05, 0.1) is 6.04 Å². The minimum atomic E-state index is -0.246. The van der Waals surface area contributed by atoms with Crippen LogP contribution in [0.4, 0.5) is 10.5 Å². The number of rotatable bonds is 5. The molecule has 2 aliphatic rings. The predicted octanol–water partition coefficient (Wildman–Crippen LogP) is 3.10. The highest BCUT2D eigenvalue weighted by atomic mass is 16.7. The lowest BCUT2D eigenvalue weighted by atomic mass is 10.1. The highest BCUT2D eigenvalue weighted by Gasteiger charge is 2.21. The summed E-state index contributed by atoms with van der Waals surface area (Å²) in [6.07, 6.45) is 1.52. The Kier molecular flexibility index (Phi) is 5.06. The number of nitrogens with one attached hydrogen (secondary N) is 2. The highest BCUT2D eigenvalue weighted by Crippen LogP contribution is 2.34. The van der Waals surface area contributed by atoms with E-state index in [1.54, 1.807) is 4.90 Å². The number of anilines is 1. The van der Waals surface area contributed by atoms with Gasteiger partial charge < -0.3 is 25.0 Å². The van der Waals surface area contributed by atoms with E-state index < -0.39 is 0 Å². The Morgan fingerprint density at radius 3 is 2.68 bits per heavy atom. The number of urea groups is 1. The number of fused-ring (bicyclic) bond motifs is 1. The minimum Gasteiger partial charge on any atom is -0.454 e. The van der Waals surface area contributed by atoms with Crippen molar-refractivity contribution in [3.05, 3.63) is 53.6 Å². The average molecular weight is 381 g/mol. The first-order valence-corrected chi connectivity index (χ1v) is 9.43. The van der Waals surface area contributed by atoms with Crippen LogP contribution >= 0.6 is 0 Å². The normalized spacial score (nSPS) is 16.2. The second-order valence-corrected chi connectivity index (χ2v) is 6.98. The van der Waals surface area contributed by atoms with Crippen LogP contribution in [0.1, 0.15) is 36.9 Å². The SMILES string of the molecule is CC(NC(=O)NCc1ccc(N2CCCC2=O)cc1)c1ccc2c(c1)OCO2. The van der Waals surface area contributed by atoms with Crippen LogP contribution in [0, 0.1) is 0 Å². The first-order chi connectivity index (χ1) is 13.6. The fourth-order valence-corrected chi connectivity index (χ4v) is 3.41. The molecule has 0 radical (unpaired) electrons. The Morgan fingerprint density at radius 1 is 1.14 bits per heavy atom. The number of amides is 3. The van der Waals surface area contributed by atoms with Crippen LogP contribution < -0.4 is 25.0 Å². The molecule has 2 N–H and O–H groups in total. The topological polar surface area (TPSA) is 79.9 Å². The van der Waals surface area contributed by atoms with Gasteiger partial charge in [-0.25, -0.2) is 4.79 Å². The fourth-order valence-electron chi connectivity index (χ4n) is 3.41. The van der Waals surface area contributed by atoms with Crippen molar-refractivity contribution < 1.29 is 19.1 Å². The third-order valence-corrected chi connectivity index (χ3v) is 5.02. The second-order valence-electron chi connectivity index (χ2n) is 6.98. The summed E-state index contributed by atoms with van der Waals surface area (Å²) in [6, 6.07) is 12.9. The molecule has 2 heterocycles. The van der Waals surface area contributed by atoms with Gasteiger partial charge in [0.25, 0.3) is 0 Å². The van der Waals surface area contributed by atoms with Crippen LogP contribution in [0.25, 0.3) is 0 Å². The van der Waals surface area contributed by atoms with Crippen molar-refractivity contribution in [2.24, 2.45) is 0 Å². The van der Waals surface area contributed by atoms with Gasteiger partial charge in [0.2, 0.25) is 12.7 Å². The lowest BCUT2D eigenvalue weighted by Gasteiger charge is -2.17. The van der Waals surface area contributed by atoms with E-state index in [1.807, 2.05) is 49.4 Å². The van der Waals surface area contributed by atoms with Crippen LogP contribution in [0.2, 0.25) is 0 Å². The first kappa shape index (κ1) is 18.2. The monoisotopic (exact) mass is 381 g/mol. The van der Waals surface area contributed by atoms with Gasteiger partial charge in [0.1, 0.15) is 0 Å². The number of carbonyl (C=O) groups is 2. The van der Waals surface area contributed by atoms with Gasteiger partial charge in [-0.3, -0.25) is 4.79 Å². The van der Waals surface area contributed by atoms with Gasteiger partial charge in [0.15, 0.2) is 11.5 Å². The summed E-state index contributed by atoms with van der Waals surface area (Å²) in [5, 5.41) is 5.78. The van der Waals surface area contributed by atoms with Crippen molar-refractivity contribution in [2.75, 3.05) is 18.2 Å². The first-order valence-electron chi connectivity index (χ1n) is 9.43. The highest BCUT2D eigenvalue weighted by molar-refractivity contribution is 5.95. The van der Waals surface area contributed by atoms with E-state index in [9.17, 15) is 9.59 Å². The summed E-state index contributed by atoms with van der Waals surface area (Å²) >= 11 is 0. The average Bonchev–Trinajstić information content (AvgIpc) is 3.34. The van der Waals surface area contributed by atoms with Crippen LogP contribution in [0.15, 0.2) is 42.5 Å². The molecule has 0 aromatic heterocycles. The molecular weight excluding hydrogens is 358 g/mol. The molecule has 1 unspecified atom stereocenters. The minimum absolute atomic E-state index is 0.168. The van der Waals surface area contributed by atoms with E-state index in [2.05, 4.69) is 10.6 Å². The largest absolute Gasteiger partial charge is 0.454 e. The molecule has 2 aliphatic heterocycles. The Balaban J connectivity index is 1.29. The molecule has 3 amide bonds. The molecule has 28 heavy (non-hydrogen) atoms. The van der Waals surface area contributed by atoms with E-state index in [4.69, 9.17) is 9.47 Å². The molecule has 7 nitrogen and oxygen atoms in total. The standard InChI is InChI=1S/C21H23N3O4/c1-14(16-6-9-18-19(11-16)28-13-27-18)23-21(26)22-12-15-4-7-17(8-5-15)24-10-2-3-20(24)25/h4-9,11,14H,2-3,10,12-13H2,1H3,(H2,22,23,26). The van der Waals surface area contributed by atoms with Gasteiger partial charge in [-0.05, 0) is 48.7 Å². The third kappa shape index (κ3) is 3.88. The van der Waals surface area contributed by atoms with Crippen molar-refractivity contribution in [3.63, 3.8) is 0 Å². The molecule has 2 aromatic carbocycles. The Morgan fingerprint density at radius 2 is 1.93 bits per heavy atom. The van der Waals surface area contributed by atoms with Gasteiger partial charge in [-0.15, -0.1) is 0 Å². The predicted molar refractivity (Wildman–Crippen MR) is 104 cm³/mol. The van der Waals surface area contributed by atoms with E-state index in [0.717, 1.165) is 35.5 Å². The molecular formula is C21H23N3O4. The summed E-state index contributed by atoms with van der Waals surface area (Å²) in [7, 11) is 0. The maximum Gasteiger partial charge on any atom is 0.315 e. The zero-order valence-corrected chi connectivity index (χ0v) is 15.7. The molecule has 0 bridgehead atoms. The number of carbonyl (C=O) groups excluding carboxylic acids is 2. The van der Waals surface area contributed by atoms with Crippen LogP contribution in [0.5, 0.6) is 11.5 Å². The molecule has 146 valence electrons. The summed E-state index contributed by atoms with van der Waals surface area (Å²) in [4.78, 5) is 25.8. The summed E-state index contributed by atoms with van der Waals surface area (Å²) < 4.78 is 10.7. The molecule has 1 fully saturated rings. The van der Waals surface area contributed by atoms with Crippen molar-refractivity contribution in [1.82, 2.24) is 10.6 Å². The Labute approximate surface area is 163 Å². The molecule has 1 saturated heterocycles. The lowest BCUT2D eigenvalue weighted by molar-refractivity contribution is -0.117. The number of benzene rings is 2. The molecule has 0 spiro atoms. The number of nitrogens with zero attached hydrogens (tertiary/aromatic N) is 1. The zero-order chi connectivity index (χ0) is 19.5. The molecule has 4 rings (SSSR count). The van der Waals surface area contributed by atoms with Crippen molar-refractivity contribution in [2.45, 2.75) is 32.4 Å². The summed E-state index contributed by atoms with van der Waals surface area (Å²) in [6.45, 7) is 3.33. The van der Waals surface area contributed by atoms with Gasteiger partial charge in [-0.1, -0.05) is 18.2 Å². The molecule has 0 aliphatic carbocycles. The molecule has 7 heteroatoms. The quantitative estimate of drug-likeness (QED) is 0.834. The Bertz CT molecular complexity index is 882. The maximum absolute atomic E-state index is 12.2. The summed E-state index contributed by atoms with van der Waals surface area (Å²) in [5.41, 5.74) is 2.83. The maximum atomic E-state index is 12.2. The van der Waals surface area contributed by atoms with Gasteiger partial charge in [0, 0.05) is 25.2 Å². The molecule has 0 saturated carbocycles. The molecule has 1 atom stereocenters. The number of ether oxygens (including phenoxy) is 2. The van der Waals surface area contributed by atoms with E-state index in [-0.39, 0.29) is 24.8 Å². The van der Waals surface area contributed by atoms with Crippen molar-refractivity contribution in [1.29, 1.82) is 0 Å². The van der Waals surface area contributed by atoms with Crippen LogP contribution in [0.3, 0.4) is 0 Å². The van der Waals surface area contributed by atoms with Gasteiger partial charge >= 0.3 is 6.03 Å². The van der Waals surface area contributed by atoms with E-state index in [1.165, 1.54) is 0 Å². The molecule has 2 aromatic rings. The van der Waals surface area contributed by atoms with Crippen molar-refractivity contribution >= 4 is 17.6 Å².